The lowest BCUT2D eigenvalue weighted by Crippen LogP contribution is -2.09. The molecule has 66 valence electrons. The molecule has 0 saturated carbocycles. The second kappa shape index (κ2) is 4.17. The average molecular weight is 176 g/mol. The maximum Gasteiger partial charge on any atom is 0.341 e. The molecule has 1 aromatic rings. The van der Waals surface area contributed by atoms with Gasteiger partial charge in [0.25, 0.3) is 0 Å². The molecule has 0 aromatic heterocycles. The summed E-state index contributed by atoms with van der Waals surface area (Å²) >= 11 is 0. The van der Waals surface area contributed by atoms with Crippen LogP contribution < -0.4 is 4.74 Å². The molecule has 0 unspecified atom stereocenters. The van der Waals surface area contributed by atoms with Crippen molar-refractivity contribution in [3.63, 3.8) is 0 Å². The predicted octanol–water partition coefficient (Wildman–Crippen LogP) is 1.13. The molecule has 13 heavy (non-hydrogen) atoms. The van der Waals surface area contributed by atoms with E-state index in [0.717, 1.165) is 0 Å². The van der Waals surface area contributed by atoms with Gasteiger partial charge in [0.15, 0.2) is 6.61 Å². The van der Waals surface area contributed by atoms with Crippen molar-refractivity contribution in [2.75, 3.05) is 6.61 Å². The molecular weight excluding hydrogens is 168 g/mol. The van der Waals surface area contributed by atoms with Crippen LogP contribution >= 0.6 is 0 Å². The highest BCUT2D eigenvalue weighted by atomic mass is 16.5. The lowest BCUT2D eigenvalue weighted by atomic mass is 10.2. The highest BCUT2D eigenvalue weighted by molar-refractivity contribution is 5.68. The molecule has 0 aliphatic heterocycles. The minimum absolute atomic E-state index is 0.353. The molecule has 0 heterocycles. The van der Waals surface area contributed by atoms with E-state index in [-0.39, 0.29) is 6.61 Å². The number of hydrogen-bond acceptors (Lipinski definition) is 2. The van der Waals surface area contributed by atoms with Crippen LogP contribution in [-0.4, -0.2) is 17.7 Å². The van der Waals surface area contributed by atoms with E-state index in [1.807, 2.05) is 0 Å². The summed E-state index contributed by atoms with van der Waals surface area (Å²) < 4.78 is 4.91. The zero-order valence-corrected chi connectivity index (χ0v) is 6.86. The Morgan fingerprint density at radius 3 is 3.00 bits per heavy atom. The molecule has 0 spiro atoms. The van der Waals surface area contributed by atoms with Crippen LogP contribution in [0.4, 0.5) is 0 Å². The molecule has 0 radical (unpaired) electrons. The molecule has 3 heteroatoms. The molecule has 0 aliphatic rings. The molecule has 0 aliphatic carbocycles. The number of hydrogen-bond donors (Lipinski definition) is 1. The van der Waals surface area contributed by atoms with Crippen molar-refractivity contribution >= 4 is 5.97 Å². The molecule has 3 nitrogen and oxygen atoms in total. The Labute approximate surface area is 76.0 Å². The Balaban J connectivity index is 2.68. The van der Waals surface area contributed by atoms with E-state index in [4.69, 9.17) is 16.3 Å². The van der Waals surface area contributed by atoms with Gasteiger partial charge in [0.05, 0.1) is 0 Å². The summed E-state index contributed by atoms with van der Waals surface area (Å²) in [5, 5.41) is 8.34. The maximum absolute atomic E-state index is 10.2. The Morgan fingerprint density at radius 2 is 2.38 bits per heavy atom. The zero-order chi connectivity index (χ0) is 9.68. The van der Waals surface area contributed by atoms with Crippen molar-refractivity contribution in [2.24, 2.45) is 0 Å². The zero-order valence-electron chi connectivity index (χ0n) is 6.86. The third-order valence-corrected chi connectivity index (χ3v) is 1.36. The summed E-state index contributed by atoms with van der Waals surface area (Å²) in [6.07, 6.45) is 5.15. The van der Waals surface area contributed by atoms with E-state index in [1.54, 1.807) is 24.3 Å². The monoisotopic (exact) mass is 176 g/mol. The van der Waals surface area contributed by atoms with Crippen LogP contribution in [0.15, 0.2) is 24.3 Å². The molecule has 0 fully saturated rings. The van der Waals surface area contributed by atoms with Crippen LogP contribution in [0.25, 0.3) is 0 Å². The van der Waals surface area contributed by atoms with Gasteiger partial charge in [-0.3, -0.25) is 0 Å². The van der Waals surface area contributed by atoms with Crippen molar-refractivity contribution in [3.8, 4) is 18.1 Å². The topological polar surface area (TPSA) is 46.5 Å². The molecule has 0 bridgehead atoms. The van der Waals surface area contributed by atoms with Crippen molar-refractivity contribution in [1.29, 1.82) is 0 Å². The third kappa shape index (κ3) is 2.88. The number of carboxylic acids is 1. The SMILES string of the molecule is C#Cc1cccc(OCC(=O)O)c1. The van der Waals surface area contributed by atoms with Crippen molar-refractivity contribution < 1.29 is 14.6 Å². The largest absolute Gasteiger partial charge is 0.482 e. The van der Waals surface area contributed by atoms with Gasteiger partial charge in [-0.1, -0.05) is 12.0 Å². The van der Waals surface area contributed by atoms with Crippen LogP contribution in [0.5, 0.6) is 5.75 Å². The Kier molecular flexibility index (Phi) is 2.93. The summed E-state index contributed by atoms with van der Waals surface area (Å²) in [6, 6.07) is 6.73. The van der Waals surface area contributed by atoms with Crippen LogP contribution in [0, 0.1) is 12.3 Å². The minimum Gasteiger partial charge on any atom is -0.482 e. The Bertz CT molecular complexity index is 349. The van der Waals surface area contributed by atoms with Gasteiger partial charge >= 0.3 is 5.97 Å². The summed E-state index contributed by atoms with van der Waals surface area (Å²) in [5.74, 6) is 1.89. The van der Waals surface area contributed by atoms with Crippen LogP contribution in [0.3, 0.4) is 0 Å². The molecule has 0 saturated heterocycles. The van der Waals surface area contributed by atoms with E-state index in [0.29, 0.717) is 11.3 Å². The van der Waals surface area contributed by atoms with Crippen molar-refractivity contribution in [1.82, 2.24) is 0 Å². The first-order chi connectivity index (χ1) is 6.22. The number of aliphatic carboxylic acids is 1. The Hall–Kier alpha value is -1.95. The van der Waals surface area contributed by atoms with Crippen LogP contribution in [-0.2, 0) is 4.79 Å². The first-order valence-electron chi connectivity index (χ1n) is 3.63. The van der Waals surface area contributed by atoms with E-state index >= 15 is 0 Å². The second-order valence-electron chi connectivity index (χ2n) is 2.35. The predicted molar refractivity (Wildman–Crippen MR) is 47.5 cm³/mol. The quantitative estimate of drug-likeness (QED) is 0.702. The van der Waals surface area contributed by atoms with Gasteiger partial charge < -0.3 is 9.84 Å². The van der Waals surface area contributed by atoms with E-state index in [9.17, 15) is 4.79 Å². The Morgan fingerprint density at radius 1 is 1.62 bits per heavy atom. The number of benzene rings is 1. The standard InChI is InChI=1S/C10H8O3/c1-2-8-4-3-5-9(6-8)13-7-10(11)12/h1,3-6H,7H2,(H,11,12). The molecule has 1 rings (SSSR count). The normalized spacial score (nSPS) is 8.85. The van der Waals surface area contributed by atoms with Gasteiger partial charge in [-0.05, 0) is 18.2 Å². The lowest BCUT2D eigenvalue weighted by molar-refractivity contribution is -0.139. The van der Waals surface area contributed by atoms with Gasteiger partial charge in [0, 0.05) is 5.56 Å². The van der Waals surface area contributed by atoms with Gasteiger partial charge in [0.1, 0.15) is 5.75 Å². The second-order valence-corrected chi connectivity index (χ2v) is 2.35. The minimum atomic E-state index is -1.01. The van der Waals surface area contributed by atoms with Gasteiger partial charge in [0.2, 0.25) is 0 Å². The summed E-state index contributed by atoms with van der Waals surface area (Å²) in [7, 11) is 0. The summed E-state index contributed by atoms with van der Waals surface area (Å²) in [5.41, 5.74) is 0.669. The van der Waals surface area contributed by atoms with Crippen molar-refractivity contribution in [3.05, 3.63) is 29.8 Å². The van der Waals surface area contributed by atoms with E-state index < -0.39 is 5.97 Å². The van der Waals surface area contributed by atoms with E-state index in [1.165, 1.54) is 0 Å². The molecule has 0 amide bonds. The van der Waals surface area contributed by atoms with Gasteiger partial charge in [-0.25, -0.2) is 4.79 Å². The fourth-order valence-electron chi connectivity index (χ4n) is 0.821. The molecular formula is C10H8O3. The number of carbonyl (C=O) groups is 1. The number of carboxylic acid groups (broad SMARTS) is 1. The smallest absolute Gasteiger partial charge is 0.341 e. The lowest BCUT2D eigenvalue weighted by Gasteiger charge is -2.02. The molecule has 0 atom stereocenters. The highest BCUT2D eigenvalue weighted by Crippen LogP contribution is 2.11. The number of ether oxygens (including phenoxy) is 1. The molecule has 1 N–H and O–H groups in total. The average Bonchev–Trinajstić information content (AvgIpc) is 2.15. The number of terminal acetylenes is 1. The van der Waals surface area contributed by atoms with Crippen LogP contribution in [0.2, 0.25) is 0 Å². The summed E-state index contributed by atoms with van der Waals surface area (Å²) in [6.45, 7) is -0.353. The first kappa shape index (κ1) is 9.14. The summed E-state index contributed by atoms with van der Waals surface area (Å²) in [4.78, 5) is 10.2. The fourth-order valence-corrected chi connectivity index (χ4v) is 0.821. The van der Waals surface area contributed by atoms with Crippen LogP contribution in [0.1, 0.15) is 5.56 Å². The third-order valence-electron chi connectivity index (χ3n) is 1.36. The van der Waals surface area contributed by atoms with E-state index in [2.05, 4.69) is 5.92 Å². The van der Waals surface area contributed by atoms with Crippen molar-refractivity contribution in [2.45, 2.75) is 0 Å². The van der Waals surface area contributed by atoms with Gasteiger partial charge in [-0.15, -0.1) is 6.42 Å². The highest BCUT2D eigenvalue weighted by Gasteiger charge is 1.98. The first-order valence-corrected chi connectivity index (χ1v) is 3.63. The number of rotatable bonds is 3. The van der Waals surface area contributed by atoms with Gasteiger partial charge in [-0.2, -0.15) is 0 Å². The maximum atomic E-state index is 10.2. The fraction of sp³-hybridized carbons (Fsp3) is 0.100. The molecule has 1 aromatic carbocycles.